The first-order valence-electron chi connectivity index (χ1n) is 6.08. The molecule has 4 heteroatoms. The maximum Gasteiger partial charge on any atom is 0.215 e. The topological polar surface area (TPSA) is 47.4 Å². The van der Waals surface area contributed by atoms with E-state index in [1.54, 1.807) is 13.3 Å². The Morgan fingerprint density at radius 3 is 2.83 bits per heavy atom. The van der Waals surface area contributed by atoms with E-state index in [9.17, 15) is 0 Å². The second-order valence-electron chi connectivity index (χ2n) is 4.71. The Labute approximate surface area is 106 Å². The smallest absolute Gasteiger partial charge is 0.215 e. The number of nitrogens with zero attached hydrogens (tertiary/aromatic N) is 3. The van der Waals surface area contributed by atoms with E-state index in [2.05, 4.69) is 28.8 Å². The van der Waals surface area contributed by atoms with Gasteiger partial charge < -0.3 is 4.74 Å². The fraction of sp³-hybridized carbons (Fsp3) is 0.357. The summed E-state index contributed by atoms with van der Waals surface area (Å²) in [6.07, 6.45) is 3.79. The van der Waals surface area contributed by atoms with Crippen LogP contribution in [0.2, 0.25) is 0 Å². The molecule has 3 rings (SSSR count). The third-order valence-corrected chi connectivity index (χ3v) is 3.63. The minimum Gasteiger partial charge on any atom is -0.481 e. The maximum absolute atomic E-state index is 5.13. The van der Waals surface area contributed by atoms with E-state index in [0.717, 1.165) is 16.7 Å². The molecule has 0 bridgehead atoms. The zero-order chi connectivity index (χ0) is 12.7. The fourth-order valence-corrected chi connectivity index (χ4v) is 2.35. The van der Waals surface area contributed by atoms with Gasteiger partial charge in [0.25, 0.3) is 0 Å². The zero-order valence-electron chi connectivity index (χ0n) is 10.7. The molecule has 2 atom stereocenters. The molecule has 2 unspecified atom stereocenters. The highest BCUT2D eigenvalue weighted by Crippen LogP contribution is 2.39. The van der Waals surface area contributed by atoms with E-state index >= 15 is 0 Å². The van der Waals surface area contributed by atoms with Crippen molar-refractivity contribution in [3.05, 3.63) is 23.9 Å². The second kappa shape index (κ2) is 4.05. The van der Waals surface area contributed by atoms with Gasteiger partial charge in [-0.3, -0.25) is 4.99 Å². The number of hydrogen-bond acceptors (Lipinski definition) is 4. The lowest BCUT2D eigenvalue weighted by Crippen LogP contribution is -2.12. The van der Waals surface area contributed by atoms with Gasteiger partial charge in [-0.2, -0.15) is 4.98 Å². The molecule has 0 spiro atoms. The van der Waals surface area contributed by atoms with Gasteiger partial charge in [-0.15, -0.1) is 0 Å². The molecule has 0 aromatic carbocycles. The van der Waals surface area contributed by atoms with Crippen molar-refractivity contribution in [2.24, 2.45) is 10.9 Å². The summed E-state index contributed by atoms with van der Waals surface area (Å²) in [7, 11) is 1.61. The van der Waals surface area contributed by atoms with E-state index in [1.807, 2.05) is 18.3 Å². The SMILES string of the molecule is COc1ccc2c3c(cnc2n1)N=CC(C)C3C. The number of methoxy groups -OCH3 is 1. The monoisotopic (exact) mass is 241 g/mol. The van der Waals surface area contributed by atoms with Gasteiger partial charge in [0.2, 0.25) is 5.88 Å². The molecule has 3 heterocycles. The molecular formula is C14H15N3O. The highest BCUT2D eigenvalue weighted by molar-refractivity contribution is 5.87. The molecule has 0 N–H and O–H groups in total. The van der Waals surface area contributed by atoms with Crippen molar-refractivity contribution in [1.82, 2.24) is 9.97 Å². The van der Waals surface area contributed by atoms with Crippen LogP contribution in [0.5, 0.6) is 5.88 Å². The average Bonchev–Trinajstić information content (AvgIpc) is 2.41. The summed E-state index contributed by atoms with van der Waals surface area (Å²) < 4.78 is 5.13. The summed E-state index contributed by atoms with van der Waals surface area (Å²) in [5.74, 6) is 1.46. The van der Waals surface area contributed by atoms with Crippen LogP contribution in [0.1, 0.15) is 25.3 Å². The molecule has 0 saturated heterocycles. The molecule has 92 valence electrons. The van der Waals surface area contributed by atoms with Crippen molar-refractivity contribution in [1.29, 1.82) is 0 Å². The predicted molar refractivity (Wildman–Crippen MR) is 71.8 cm³/mol. The van der Waals surface area contributed by atoms with Crippen LogP contribution in [0.15, 0.2) is 23.3 Å². The molecule has 4 nitrogen and oxygen atoms in total. The van der Waals surface area contributed by atoms with Gasteiger partial charge >= 0.3 is 0 Å². The van der Waals surface area contributed by atoms with E-state index in [0.29, 0.717) is 17.7 Å². The van der Waals surface area contributed by atoms with Gasteiger partial charge in [-0.25, -0.2) is 4.98 Å². The number of pyridine rings is 2. The van der Waals surface area contributed by atoms with Crippen molar-refractivity contribution >= 4 is 22.9 Å². The lowest BCUT2D eigenvalue weighted by Gasteiger charge is -2.23. The molecule has 2 aromatic rings. The molecule has 0 radical (unpaired) electrons. The predicted octanol–water partition coefficient (Wildman–Crippen LogP) is 3.09. The first kappa shape index (κ1) is 11.1. The lowest BCUT2D eigenvalue weighted by molar-refractivity contribution is 0.399. The van der Waals surface area contributed by atoms with E-state index in [1.165, 1.54) is 5.56 Å². The molecule has 18 heavy (non-hydrogen) atoms. The highest BCUT2D eigenvalue weighted by Gasteiger charge is 2.23. The third-order valence-electron chi connectivity index (χ3n) is 3.63. The van der Waals surface area contributed by atoms with Crippen LogP contribution in [0.25, 0.3) is 11.0 Å². The quantitative estimate of drug-likeness (QED) is 0.770. The molecule has 0 saturated carbocycles. The Balaban J connectivity index is 2.29. The molecule has 0 fully saturated rings. The van der Waals surface area contributed by atoms with Crippen molar-refractivity contribution in [3.8, 4) is 5.88 Å². The van der Waals surface area contributed by atoms with Crippen LogP contribution in [0, 0.1) is 5.92 Å². The fourth-order valence-electron chi connectivity index (χ4n) is 2.35. The van der Waals surface area contributed by atoms with Crippen molar-refractivity contribution in [2.75, 3.05) is 7.11 Å². The van der Waals surface area contributed by atoms with Gasteiger partial charge in [0.1, 0.15) is 0 Å². The van der Waals surface area contributed by atoms with Gasteiger partial charge in [-0.05, 0) is 23.5 Å². The average molecular weight is 241 g/mol. The van der Waals surface area contributed by atoms with Crippen molar-refractivity contribution in [3.63, 3.8) is 0 Å². The van der Waals surface area contributed by atoms with Crippen LogP contribution >= 0.6 is 0 Å². The van der Waals surface area contributed by atoms with E-state index in [-0.39, 0.29) is 0 Å². The van der Waals surface area contributed by atoms with Crippen LogP contribution < -0.4 is 4.74 Å². The molecular weight excluding hydrogens is 226 g/mol. The van der Waals surface area contributed by atoms with Gasteiger partial charge in [0.15, 0.2) is 5.65 Å². The Morgan fingerprint density at radius 2 is 2.06 bits per heavy atom. The standard InChI is InChI=1S/C14H15N3O/c1-8-6-15-11-7-16-14-10(13(11)9(8)2)4-5-12(17-14)18-3/h4-9H,1-3H3. The van der Waals surface area contributed by atoms with Gasteiger partial charge in [0.05, 0.1) is 19.0 Å². The summed E-state index contributed by atoms with van der Waals surface area (Å²) in [5, 5.41) is 1.07. The van der Waals surface area contributed by atoms with E-state index < -0.39 is 0 Å². The molecule has 1 aliphatic heterocycles. The molecule has 2 aromatic heterocycles. The Hall–Kier alpha value is -1.97. The van der Waals surface area contributed by atoms with Crippen molar-refractivity contribution < 1.29 is 4.74 Å². The third kappa shape index (κ3) is 1.56. The number of ether oxygens (including phenoxy) is 1. The zero-order valence-corrected chi connectivity index (χ0v) is 10.7. The number of hydrogen-bond donors (Lipinski definition) is 0. The number of fused-ring (bicyclic) bond motifs is 3. The number of aliphatic imine (C=N–C) groups is 1. The lowest BCUT2D eigenvalue weighted by atomic mass is 9.85. The summed E-state index contributed by atoms with van der Waals surface area (Å²) in [5.41, 5.74) is 2.93. The maximum atomic E-state index is 5.13. The largest absolute Gasteiger partial charge is 0.481 e. The van der Waals surface area contributed by atoms with Gasteiger partial charge in [-0.1, -0.05) is 13.8 Å². The summed E-state index contributed by atoms with van der Waals surface area (Å²) in [6, 6.07) is 3.90. The van der Waals surface area contributed by atoms with Crippen LogP contribution in [-0.2, 0) is 0 Å². The Morgan fingerprint density at radius 1 is 1.22 bits per heavy atom. The number of rotatable bonds is 1. The van der Waals surface area contributed by atoms with Crippen LogP contribution in [0.3, 0.4) is 0 Å². The van der Waals surface area contributed by atoms with Gasteiger partial charge in [0, 0.05) is 17.7 Å². The Kier molecular flexibility index (Phi) is 2.51. The van der Waals surface area contributed by atoms with E-state index in [4.69, 9.17) is 4.74 Å². The summed E-state index contributed by atoms with van der Waals surface area (Å²) in [6.45, 7) is 4.40. The highest BCUT2D eigenvalue weighted by atomic mass is 16.5. The molecule has 1 aliphatic rings. The first-order chi connectivity index (χ1) is 8.70. The summed E-state index contributed by atoms with van der Waals surface area (Å²) >= 11 is 0. The minimum absolute atomic E-state index is 0.429. The molecule has 0 amide bonds. The molecule has 0 aliphatic carbocycles. The Bertz CT molecular complexity index is 636. The normalized spacial score (nSPS) is 21.9. The van der Waals surface area contributed by atoms with Crippen LogP contribution in [0.4, 0.5) is 5.69 Å². The summed E-state index contributed by atoms with van der Waals surface area (Å²) in [4.78, 5) is 13.2. The van der Waals surface area contributed by atoms with Crippen molar-refractivity contribution in [2.45, 2.75) is 19.8 Å². The van der Waals surface area contributed by atoms with Crippen LogP contribution in [-0.4, -0.2) is 23.3 Å². The minimum atomic E-state index is 0.429. The second-order valence-corrected chi connectivity index (χ2v) is 4.71. The first-order valence-corrected chi connectivity index (χ1v) is 6.08. The number of aromatic nitrogens is 2.